The van der Waals surface area contributed by atoms with Crippen LogP contribution in [0.3, 0.4) is 0 Å². The second-order valence-corrected chi connectivity index (χ2v) is 1.69. The summed E-state index contributed by atoms with van der Waals surface area (Å²) >= 11 is 6.58. The number of hydrogen-bond acceptors (Lipinski definition) is 3. The summed E-state index contributed by atoms with van der Waals surface area (Å²) in [5.74, 6) is 0. The van der Waals surface area contributed by atoms with Gasteiger partial charge in [-0.05, 0) is 25.6 Å². The number of amides is 1. The van der Waals surface area contributed by atoms with E-state index in [9.17, 15) is 4.79 Å². The standard InChI is InChI=1S/CH3NO2S2.2Na.2H/c3-1(4)2(5)6;;;;/h5-6H,(H,3,4);;;;. The van der Waals surface area contributed by atoms with Gasteiger partial charge in [0, 0.05) is 0 Å². The molecular weight excluding hydrogens is 168 g/mol. The van der Waals surface area contributed by atoms with E-state index in [0.29, 0.717) is 3.71 Å². The van der Waals surface area contributed by atoms with Crippen molar-refractivity contribution in [1.82, 2.24) is 3.71 Å². The monoisotopic (exact) mass is 173 g/mol. The van der Waals surface area contributed by atoms with E-state index in [-0.39, 0.29) is 59.1 Å². The van der Waals surface area contributed by atoms with E-state index >= 15 is 0 Å². The van der Waals surface area contributed by atoms with Crippen LogP contribution in [0.25, 0.3) is 0 Å². The molecule has 0 rings (SSSR count). The van der Waals surface area contributed by atoms with Crippen LogP contribution < -0.4 is 0 Å². The summed E-state index contributed by atoms with van der Waals surface area (Å²) in [5, 5.41) is 7.76. The Hall–Kier alpha value is 1.97. The van der Waals surface area contributed by atoms with Crippen LogP contribution in [0, 0.1) is 0 Å². The molecule has 0 aromatic carbocycles. The Labute approximate surface area is 103 Å². The predicted molar refractivity (Wildman–Crippen MR) is 42.1 cm³/mol. The molecule has 3 nitrogen and oxygen atoms in total. The van der Waals surface area contributed by atoms with E-state index in [1.165, 1.54) is 0 Å². The number of carboxylic acid groups (broad SMARTS) is 1. The van der Waals surface area contributed by atoms with Gasteiger partial charge in [-0.25, -0.2) is 4.79 Å². The summed E-state index contributed by atoms with van der Waals surface area (Å²) in [5.41, 5.74) is 0. The maximum absolute atomic E-state index is 9.47. The summed E-state index contributed by atoms with van der Waals surface area (Å²) in [6, 6.07) is 0. The van der Waals surface area contributed by atoms with Gasteiger partial charge in [0.05, 0.1) is 0 Å². The van der Waals surface area contributed by atoms with Crippen molar-refractivity contribution in [2.45, 2.75) is 0 Å². The van der Waals surface area contributed by atoms with Gasteiger partial charge in [0.25, 0.3) is 0 Å². The Morgan fingerprint density at radius 2 is 1.50 bits per heavy atom. The first-order valence-electron chi connectivity index (χ1n) is 1.05. The van der Waals surface area contributed by atoms with Crippen LogP contribution in [-0.4, -0.2) is 74.0 Å². The van der Waals surface area contributed by atoms with Crippen LogP contribution in [0.4, 0.5) is 4.79 Å². The molecule has 0 spiro atoms. The van der Waals surface area contributed by atoms with Crippen LogP contribution in [0.15, 0.2) is 0 Å². The van der Waals surface area contributed by atoms with Gasteiger partial charge < -0.3 is 5.11 Å². The first-order chi connectivity index (χ1) is 2.64. The van der Waals surface area contributed by atoms with Crippen LogP contribution in [-0.2, 0) is 0 Å². The quantitative estimate of drug-likeness (QED) is 0.337. The molecule has 0 unspecified atom stereocenters. The summed E-state index contributed by atoms with van der Waals surface area (Å²) in [6.07, 6.45) is -1.18. The van der Waals surface area contributed by atoms with Crippen molar-refractivity contribution in [2.75, 3.05) is 0 Å². The molecule has 0 heterocycles. The molecule has 0 fully saturated rings. The number of carbonyl (C=O) groups is 1. The molecule has 0 atom stereocenters. The molecule has 40 valence electrons. The summed E-state index contributed by atoms with van der Waals surface area (Å²) < 4.78 is 0.472. The molecule has 0 aliphatic rings. The summed E-state index contributed by atoms with van der Waals surface area (Å²) in [4.78, 5) is 9.47. The topological polar surface area (TPSA) is 40.5 Å². The molecule has 0 aliphatic heterocycles. The zero-order valence-corrected chi connectivity index (χ0v) is 4.49. The van der Waals surface area contributed by atoms with Crippen LogP contribution in [0.2, 0.25) is 0 Å². The Bertz CT molecular complexity index is 69.1. The van der Waals surface area contributed by atoms with E-state index in [4.69, 9.17) is 5.11 Å². The third-order valence-electron chi connectivity index (χ3n) is 0.171. The molecule has 0 bridgehead atoms. The van der Waals surface area contributed by atoms with Gasteiger partial charge in [-0.15, -0.1) is 0 Å². The molecule has 8 heavy (non-hydrogen) atoms. The third kappa shape index (κ3) is 10.9. The number of rotatable bonds is 0. The normalized spacial score (nSPS) is 5.75. The van der Waals surface area contributed by atoms with Crippen LogP contribution in [0.5, 0.6) is 0 Å². The van der Waals surface area contributed by atoms with Crippen molar-refractivity contribution in [3.05, 3.63) is 0 Å². The van der Waals surface area contributed by atoms with Gasteiger partial charge in [-0.1, -0.05) is 0 Å². The first kappa shape index (κ1) is 16.5. The van der Waals surface area contributed by atoms with E-state index in [0.717, 1.165) is 0 Å². The van der Waals surface area contributed by atoms with E-state index < -0.39 is 6.09 Å². The zero-order valence-electron chi connectivity index (χ0n) is 2.70. The Balaban J connectivity index is -0.000000125. The third-order valence-corrected chi connectivity index (χ3v) is 0.513. The minimum absolute atomic E-state index is 0. The molecule has 7 heteroatoms. The van der Waals surface area contributed by atoms with Gasteiger partial charge in [0.2, 0.25) is 0 Å². The fourth-order valence-corrected chi connectivity index (χ4v) is 0. The van der Waals surface area contributed by atoms with Crippen molar-refractivity contribution in [2.24, 2.45) is 0 Å². The van der Waals surface area contributed by atoms with Crippen molar-refractivity contribution in [1.29, 1.82) is 0 Å². The molecule has 0 aromatic heterocycles. The average Bonchev–Trinajstić information content (AvgIpc) is 1.36. The van der Waals surface area contributed by atoms with Crippen LogP contribution in [0.1, 0.15) is 0 Å². The molecular formula is CH5NNa2O2S2. The second-order valence-electron chi connectivity index (χ2n) is 0.572. The number of nitrogens with zero attached hydrogens (tertiary/aromatic N) is 1. The number of thiol groups is 2. The average molecular weight is 173 g/mol. The predicted octanol–water partition coefficient (Wildman–Crippen LogP) is -0.641. The summed E-state index contributed by atoms with van der Waals surface area (Å²) in [6.45, 7) is 0. The molecule has 0 aliphatic carbocycles. The van der Waals surface area contributed by atoms with E-state index in [2.05, 4.69) is 25.6 Å². The molecule has 0 radical (unpaired) electrons. The van der Waals surface area contributed by atoms with Crippen molar-refractivity contribution < 1.29 is 9.90 Å². The summed E-state index contributed by atoms with van der Waals surface area (Å²) in [7, 11) is 0. The van der Waals surface area contributed by atoms with Gasteiger partial charge in [0.1, 0.15) is 0 Å². The van der Waals surface area contributed by atoms with Gasteiger partial charge in [0.15, 0.2) is 0 Å². The number of hydrogen-bond donors (Lipinski definition) is 3. The molecule has 1 amide bonds. The van der Waals surface area contributed by atoms with Gasteiger partial charge in [-0.2, -0.15) is 3.71 Å². The Morgan fingerprint density at radius 3 is 1.50 bits per heavy atom. The fourth-order valence-electron chi connectivity index (χ4n) is 0. The van der Waals surface area contributed by atoms with Gasteiger partial charge >= 0.3 is 65.2 Å². The van der Waals surface area contributed by atoms with Crippen LogP contribution >= 0.6 is 25.6 Å². The SMILES string of the molecule is O=C(O)N(S)S.[NaH].[NaH]. The first-order valence-corrected chi connectivity index (χ1v) is 1.85. The van der Waals surface area contributed by atoms with Gasteiger partial charge in [-0.3, -0.25) is 0 Å². The van der Waals surface area contributed by atoms with Crippen molar-refractivity contribution in [3.63, 3.8) is 0 Å². The molecule has 0 saturated heterocycles. The van der Waals surface area contributed by atoms with E-state index in [1.54, 1.807) is 0 Å². The van der Waals surface area contributed by atoms with E-state index in [1.807, 2.05) is 0 Å². The molecule has 0 aromatic rings. The van der Waals surface area contributed by atoms with Crippen molar-refractivity contribution >= 4 is 90.8 Å². The molecule has 0 saturated carbocycles. The second kappa shape index (κ2) is 8.97. The minimum atomic E-state index is -1.18. The Kier molecular flexibility index (Phi) is 18.5. The molecule has 1 N–H and O–H groups in total. The Morgan fingerprint density at radius 1 is 1.38 bits per heavy atom. The van der Waals surface area contributed by atoms with Crippen molar-refractivity contribution in [3.8, 4) is 0 Å². The maximum atomic E-state index is 9.47. The zero-order chi connectivity index (χ0) is 5.15. The fraction of sp³-hybridized carbons (Fsp3) is 0.